The molecule has 0 fully saturated rings. The van der Waals surface area contributed by atoms with Crippen LogP contribution in [0.5, 0.6) is 0 Å². The highest BCUT2D eigenvalue weighted by Gasteiger charge is 2.15. The summed E-state index contributed by atoms with van der Waals surface area (Å²) in [5, 5.41) is 2.65. The van der Waals surface area contributed by atoms with Gasteiger partial charge in [-0.1, -0.05) is 13.0 Å². The van der Waals surface area contributed by atoms with Crippen molar-refractivity contribution in [2.75, 3.05) is 22.3 Å². The summed E-state index contributed by atoms with van der Waals surface area (Å²) >= 11 is 0. The molecule has 0 spiro atoms. The minimum Gasteiger partial charge on any atom is -0.326 e. The fourth-order valence-electron chi connectivity index (χ4n) is 2.61. The molecule has 3 N–H and O–H groups in total. The summed E-state index contributed by atoms with van der Waals surface area (Å²) in [6, 6.07) is 11.1. The van der Waals surface area contributed by atoms with Gasteiger partial charge in [0, 0.05) is 24.3 Å². The molecule has 8 nitrogen and oxygen atoms in total. The number of anilines is 2. The van der Waals surface area contributed by atoms with E-state index in [2.05, 4.69) is 14.8 Å². The van der Waals surface area contributed by atoms with Crippen LogP contribution in [0.3, 0.4) is 0 Å². The van der Waals surface area contributed by atoms with Crippen molar-refractivity contribution in [2.45, 2.75) is 38.5 Å². The van der Waals surface area contributed by atoms with Crippen molar-refractivity contribution in [3.05, 3.63) is 53.6 Å². The second-order valence-corrected chi connectivity index (χ2v) is 10.5. The monoisotopic (exact) mass is 453 g/mol. The molecule has 0 unspecified atom stereocenters. The second-order valence-electron chi connectivity index (χ2n) is 6.94. The van der Waals surface area contributed by atoms with Gasteiger partial charge in [-0.3, -0.25) is 9.52 Å². The highest BCUT2D eigenvalue weighted by Crippen LogP contribution is 2.16. The smallest absolute Gasteiger partial charge is 0.240 e. The van der Waals surface area contributed by atoms with E-state index in [4.69, 9.17) is 0 Å². The van der Waals surface area contributed by atoms with Gasteiger partial charge in [0.25, 0.3) is 0 Å². The SMILES string of the molecule is CCCS(=O)(=O)Nc1ccc(NC(=O)CCNS(=O)(=O)c2ccc(C)c(C)c2)cc1. The van der Waals surface area contributed by atoms with Gasteiger partial charge in [-0.2, -0.15) is 0 Å². The standard InChI is InChI=1S/C20H27N3O5S2/c1-4-13-29(25,26)23-18-8-6-17(7-9-18)22-20(24)11-12-21-30(27,28)19-10-5-15(2)16(3)14-19/h5-10,14,21,23H,4,11-13H2,1-3H3,(H,22,24). The molecular weight excluding hydrogens is 426 g/mol. The predicted molar refractivity (Wildman–Crippen MR) is 118 cm³/mol. The first kappa shape index (κ1) is 23.8. The van der Waals surface area contributed by atoms with Crippen LogP contribution in [0, 0.1) is 13.8 Å². The van der Waals surface area contributed by atoms with Crippen molar-refractivity contribution in [1.29, 1.82) is 0 Å². The Morgan fingerprint density at radius 3 is 2.13 bits per heavy atom. The van der Waals surface area contributed by atoms with E-state index in [1.165, 1.54) is 6.07 Å². The summed E-state index contributed by atoms with van der Waals surface area (Å²) < 4.78 is 53.1. The number of nitrogens with one attached hydrogen (secondary N) is 3. The molecule has 0 aliphatic carbocycles. The van der Waals surface area contributed by atoms with Gasteiger partial charge in [0.15, 0.2) is 0 Å². The fourth-order valence-corrected chi connectivity index (χ4v) is 4.86. The van der Waals surface area contributed by atoms with Crippen LogP contribution >= 0.6 is 0 Å². The zero-order valence-corrected chi connectivity index (χ0v) is 18.9. The minimum atomic E-state index is -3.69. The topological polar surface area (TPSA) is 121 Å². The van der Waals surface area contributed by atoms with Crippen LogP contribution < -0.4 is 14.8 Å². The average Bonchev–Trinajstić information content (AvgIpc) is 2.65. The number of hydrogen-bond donors (Lipinski definition) is 3. The summed E-state index contributed by atoms with van der Waals surface area (Å²) in [6.45, 7) is 5.47. The molecule has 0 saturated carbocycles. The van der Waals surface area contributed by atoms with Gasteiger partial charge in [0.05, 0.1) is 10.6 Å². The lowest BCUT2D eigenvalue weighted by Gasteiger charge is -2.10. The largest absolute Gasteiger partial charge is 0.326 e. The summed E-state index contributed by atoms with van der Waals surface area (Å²) in [5.41, 5.74) is 2.76. The molecule has 1 amide bonds. The Kier molecular flexibility index (Phi) is 7.99. The number of sulfonamides is 2. The lowest BCUT2D eigenvalue weighted by atomic mass is 10.1. The van der Waals surface area contributed by atoms with Crippen LogP contribution in [0.25, 0.3) is 0 Å². The number of rotatable bonds is 10. The van der Waals surface area contributed by atoms with E-state index in [0.717, 1.165) is 11.1 Å². The molecule has 0 saturated heterocycles. The lowest BCUT2D eigenvalue weighted by Crippen LogP contribution is -2.28. The van der Waals surface area contributed by atoms with E-state index in [0.29, 0.717) is 17.8 Å². The van der Waals surface area contributed by atoms with E-state index < -0.39 is 20.0 Å². The molecule has 2 aromatic carbocycles. The van der Waals surface area contributed by atoms with Crippen LogP contribution in [0.1, 0.15) is 30.9 Å². The molecule has 0 aromatic heterocycles. The first-order chi connectivity index (χ1) is 14.0. The third kappa shape index (κ3) is 7.12. The van der Waals surface area contributed by atoms with Crippen molar-refractivity contribution in [3.63, 3.8) is 0 Å². The Hall–Kier alpha value is -2.43. The molecule has 30 heavy (non-hydrogen) atoms. The molecule has 2 aromatic rings. The van der Waals surface area contributed by atoms with Gasteiger partial charge < -0.3 is 5.32 Å². The Morgan fingerprint density at radius 2 is 1.53 bits per heavy atom. The minimum absolute atomic E-state index is 0.0313. The van der Waals surface area contributed by atoms with Crippen LogP contribution in [-0.2, 0) is 24.8 Å². The molecule has 0 heterocycles. The molecule has 164 valence electrons. The molecular formula is C20H27N3O5S2. The van der Waals surface area contributed by atoms with Gasteiger partial charge in [0.2, 0.25) is 26.0 Å². The average molecular weight is 454 g/mol. The maximum Gasteiger partial charge on any atom is 0.240 e. The third-order valence-electron chi connectivity index (χ3n) is 4.35. The van der Waals surface area contributed by atoms with Crippen LogP contribution in [0.15, 0.2) is 47.4 Å². The highest BCUT2D eigenvalue weighted by molar-refractivity contribution is 7.92. The summed E-state index contributed by atoms with van der Waals surface area (Å²) in [7, 11) is -7.07. The molecule has 0 radical (unpaired) electrons. The maximum atomic E-state index is 12.3. The van der Waals surface area contributed by atoms with Crippen LogP contribution in [0.4, 0.5) is 11.4 Å². The lowest BCUT2D eigenvalue weighted by molar-refractivity contribution is -0.116. The molecule has 0 atom stereocenters. The number of carbonyl (C=O) groups is 1. The van der Waals surface area contributed by atoms with Crippen molar-refractivity contribution < 1.29 is 21.6 Å². The van der Waals surface area contributed by atoms with Gasteiger partial charge >= 0.3 is 0 Å². The molecule has 10 heteroatoms. The van der Waals surface area contributed by atoms with Crippen molar-refractivity contribution in [3.8, 4) is 0 Å². The Balaban J connectivity index is 1.86. The zero-order chi connectivity index (χ0) is 22.4. The first-order valence-electron chi connectivity index (χ1n) is 9.50. The Bertz CT molecular complexity index is 1100. The van der Waals surface area contributed by atoms with Crippen LogP contribution in [-0.4, -0.2) is 35.0 Å². The Labute approximate surface area is 178 Å². The quantitative estimate of drug-likeness (QED) is 0.511. The number of aryl methyl sites for hydroxylation is 2. The van der Waals surface area contributed by atoms with Crippen molar-refractivity contribution in [1.82, 2.24) is 4.72 Å². The van der Waals surface area contributed by atoms with Gasteiger partial charge in [0.1, 0.15) is 0 Å². The first-order valence-corrected chi connectivity index (χ1v) is 12.6. The van der Waals surface area contributed by atoms with Crippen molar-refractivity contribution in [2.24, 2.45) is 0 Å². The zero-order valence-electron chi connectivity index (χ0n) is 17.2. The summed E-state index contributed by atoms with van der Waals surface area (Å²) in [5.74, 6) is -0.332. The van der Waals surface area contributed by atoms with E-state index in [1.54, 1.807) is 43.3 Å². The van der Waals surface area contributed by atoms with E-state index in [-0.39, 0.29) is 29.5 Å². The normalized spacial score (nSPS) is 11.8. The number of carbonyl (C=O) groups excluding carboxylic acids is 1. The van der Waals surface area contributed by atoms with E-state index in [1.807, 2.05) is 13.8 Å². The maximum absolute atomic E-state index is 12.3. The van der Waals surface area contributed by atoms with Gasteiger partial charge in [-0.25, -0.2) is 21.6 Å². The molecule has 0 bridgehead atoms. The summed E-state index contributed by atoms with van der Waals surface area (Å²) in [4.78, 5) is 12.2. The predicted octanol–water partition coefficient (Wildman–Crippen LogP) is 2.76. The van der Waals surface area contributed by atoms with E-state index >= 15 is 0 Å². The Morgan fingerprint density at radius 1 is 0.900 bits per heavy atom. The second kappa shape index (κ2) is 10.1. The number of hydrogen-bond acceptors (Lipinski definition) is 5. The number of amides is 1. The summed E-state index contributed by atoms with van der Waals surface area (Å²) in [6.07, 6.45) is 0.464. The van der Waals surface area contributed by atoms with Crippen LogP contribution in [0.2, 0.25) is 0 Å². The molecule has 0 aliphatic heterocycles. The highest BCUT2D eigenvalue weighted by atomic mass is 32.2. The van der Waals surface area contributed by atoms with E-state index in [9.17, 15) is 21.6 Å². The number of benzene rings is 2. The molecule has 2 rings (SSSR count). The third-order valence-corrected chi connectivity index (χ3v) is 7.30. The van der Waals surface area contributed by atoms with Gasteiger partial charge in [-0.15, -0.1) is 0 Å². The van der Waals surface area contributed by atoms with Gasteiger partial charge in [-0.05, 0) is 67.8 Å². The molecule has 0 aliphatic rings. The van der Waals surface area contributed by atoms with Crippen molar-refractivity contribution >= 4 is 37.3 Å². The fraction of sp³-hybridized carbons (Fsp3) is 0.350.